The van der Waals surface area contributed by atoms with Crippen molar-refractivity contribution in [3.63, 3.8) is 0 Å². The first-order valence-electron chi connectivity index (χ1n) is 6.23. The normalized spacial score (nSPS) is 19.5. The van der Waals surface area contributed by atoms with Crippen LogP contribution in [0, 0.1) is 0 Å². The predicted octanol–water partition coefficient (Wildman–Crippen LogP) is 0.359. The van der Waals surface area contributed by atoms with Crippen molar-refractivity contribution in [1.29, 1.82) is 0 Å². The molecule has 1 aromatic heterocycles. The first kappa shape index (κ1) is 12.1. The maximum absolute atomic E-state index is 12.1. The molecule has 17 heavy (non-hydrogen) atoms. The molecule has 0 aromatic carbocycles. The van der Waals surface area contributed by atoms with E-state index in [1.54, 1.807) is 24.0 Å². The number of aromatic nitrogens is 2. The molecular formula is C12H20N4O. The van der Waals surface area contributed by atoms with Crippen molar-refractivity contribution in [3.05, 3.63) is 22.7 Å². The lowest BCUT2D eigenvalue weighted by molar-refractivity contribution is 0.610. The molecule has 1 N–H and O–H groups in total. The molecule has 5 heteroatoms. The van der Waals surface area contributed by atoms with Gasteiger partial charge in [-0.3, -0.25) is 4.79 Å². The van der Waals surface area contributed by atoms with Gasteiger partial charge >= 0.3 is 0 Å². The molecule has 0 aliphatic carbocycles. The molecule has 0 saturated carbocycles. The third-order valence-electron chi connectivity index (χ3n) is 3.21. The zero-order valence-electron chi connectivity index (χ0n) is 10.5. The Morgan fingerprint density at radius 1 is 1.65 bits per heavy atom. The van der Waals surface area contributed by atoms with Crippen LogP contribution in [0.5, 0.6) is 0 Å². The van der Waals surface area contributed by atoms with Gasteiger partial charge in [0.25, 0.3) is 5.56 Å². The maximum Gasteiger partial charge on any atom is 0.293 e. The van der Waals surface area contributed by atoms with Crippen molar-refractivity contribution in [3.8, 4) is 0 Å². The molecule has 1 aromatic rings. The van der Waals surface area contributed by atoms with E-state index in [1.807, 2.05) is 0 Å². The molecule has 0 radical (unpaired) electrons. The van der Waals surface area contributed by atoms with Gasteiger partial charge in [0.1, 0.15) is 0 Å². The monoisotopic (exact) mass is 236 g/mol. The molecule has 1 saturated heterocycles. The summed E-state index contributed by atoms with van der Waals surface area (Å²) in [5.74, 6) is 0.588. The third-order valence-corrected chi connectivity index (χ3v) is 3.21. The van der Waals surface area contributed by atoms with Gasteiger partial charge in [0.2, 0.25) is 0 Å². The van der Waals surface area contributed by atoms with E-state index >= 15 is 0 Å². The molecule has 1 aliphatic heterocycles. The number of hydrogen-bond donors (Lipinski definition) is 1. The van der Waals surface area contributed by atoms with Crippen LogP contribution in [-0.2, 0) is 7.05 Å². The fourth-order valence-electron chi connectivity index (χ4n) is 2.29. The van der Waals surface area contributed by atoms with Crippen LogP contribution in [0.4, 0.5) is 5.82 Å². The van der Waals surface area contributed by atoms with Gasteiger partial charge in [-0.15, -0.1) is 0 Å². The van der Waals surface area contributed by atoms with E-state index < -0.39 is 0 Å². The Kier molecular flexibility index (Phi) is 3.78. The van der Waals surface area contributed by atoms with Crippen LogP contribution in [0.15, 0.2) is 17.2 Å². The second-order valence-corrected chi connectivity index (χ2v) is 4.51. The lowest BCUT2D eigenvalue weighted by Gasteiger charge is -2.28. The molecular weight excluding hydrogens is 216 g/mol. The first-order valence-corrected chi connectivity index (χ1v) is 6.23. The Labute approximate surface area is 101 Å². The molecule has 1 fully saturated rings. The van der Waals surface area contributed by atoms with Crippen LogP contribution < -0.4 is 15.8 Å². The summed E-state index contributed by atoms with van der Waals surface area (Å²) in [6.45, 7) is 4.99. The van der Waals surface area contributed by atoms with Crippen LogP contribution in [0.1, 0.15) is 19.8 Å². The SMILES string of the molecule is CCCN(c1nccn(C)c1=O)C1CCNC1. The van der Waals surface area contributed by atoms with Gasteiger partial charge in [-0.2, -0.15) is 0 Å². The largest absolute Gasteiger partial charge is 0.348 e. The molecule has 0 spiro atoms. The van der Waals surface area contributed by atoms with E-state index in [9.17, 15) is 4.79 Å². The minimum Gasteiger partial charge on any atom is -0.348 e. The summed E-state index contributed by atoms with van der Waals surface area (Å²) in [7, 11) is 1.77. The topological polar surface area (TPSA) is 50.2 Å². The van der Waals surface area contributed by atoms with Crippen molar-refractivity contribution < 1.29 is 0 Å². The summed E-state index contributed by atoms with van der Waals surface area (Å²) >= 11 is 0. The second kappa shape index (κ2) is 5.31. The van der Waals surface area contributed by atoms with Crippen LogP contribution in [0.3, 0.4) is 0 Å². The molecule has 5 nitrogen and oxygen atoms in total. The standard InChI is InChI=1S/C12H20N4O/c1-3-7-16(10-4-5-13-9-10)11-12(17)15(2)8-6-14-11/h6,8,10,13H,3-5,7,9H2,1-2H3. The molecule has 0 amide bonds. The zero-order chi connectivity index (χ0) is 12.3. The molecule has 1 atom stereocenters. The second-order valence-electron chi connectivity index (χ2n) is 4.51. The van der Waals surface area contributed by atoms with Crippen LogP contribution >= 0.6 is 0 Å². The van der Waals surface area contributed by atoms with Crippen LogP contribution in [-0.4, -0.2) is 35.2 Å². The summed E-state index contributed by atoms with van der Waals surface area (Å²) in [5, 5.41) is 3.34. The number of aryl methyl sites for hydroxylation is 1. The number of nitrogens with zero attached hydrogens (tertiary/aromatic N) is 3. The first-order chi connectivity index (χ1) is 8.24. The van der Waals surface area contributed by atoms with Gasteiger partial charge in [0.15, 0.2) is 5.82 Å². The summed E-state index contributed by atoms with van der Waals surface area (Å²) in [5.41, 5.74) is -0.00662. The molecule has 0 bridgehead atoms. The Balaban J connectivity index is 2.31. The number of anilines is 1. The average molecular weight is 236 g/mol. The van der Waals surface area contributed by atoms with Gasteiger partial charge in [0, 0.05) is 38.6 Å². The van der Waals surface area contributed by atoms with E-state index in [2.05, 4.69) is 22.1 Å². The molecule has 2 rings (SSSR count). The fourth-order valence-corrected chi connectivity index (χ4v) is 2.29. The highest BCUT2D eigenvalue weighted by atomic mass is 16.1. The predicted molar refractivity (Wildman–Crippen MR) is 68.4 cm³/mol. The fraction of sp³-hybridized carbons (Fsp3) is 0.667. The van der Waals surface area contributed by atoms with Crippen molar-refractivity contribution in [2.75, 3.05) is 24.5 Å². The Morgan fingerprint density at radius 3 is 3.12 bits per heavy atom. The van der Waals surface area contributed by atoms with Gasteiger partial charge in [-0.05, 0) is 19.4 Å². The van der Waals surface area contributed by atoms with Crippen LogP contribution in [0.25, 0.3) is 0 Å². The minimum atomic E-state index is -0.00662. The number of hydrogen-bond acceptors (Lipinski definition) is 4. The minimum absolute atomic E-state index is 0.00662. The van der Waals surface area contributed by atoms with E-state index in [0.717, 1.165) is 32.5 Å². The van der Waals surface area contributed by atoms with E-state index in [0.29, 0.717) is 11.9 Å². The average Bonchev–Trinajstić information content (AvgIpc) is 2.84. The van der Waals surface area contributed by atoms with Gasteiger partial charge < -0.3 is 14.8 Å². The lowest BCUT2D eigenvalue weighted by atomic mass is 10.2. The van der Waals surface area contributed by atoms with Crippen LogP contribution in [0.2, 0.25) is 0 Å². The summed E-state index contributed by atoms with van der Waals surface area (Å²) in [6.07, 6.45) is 5.50. The van der Waals surface area contributed by atoms with Gasteiger partial charge in [-0.1, -0.05) is 6.92 Å². The number of nitrogens with one attached hydrogen (secondary N) is 1. The summed E-state index contributed by atoms with van der Waals surface area (Å²) in [4.78, 5) is 18.5. The van der Waals surface area contributed by atoms with Crippen molar-refractivity contribution in [2.24, 2.45) is 7.05 Å². The quantitative estimate of drug-likeness (QED) is 0.820. The molecule has 1 aliphatic rings. The van der Waals surface area contributed by atoms with Crippen molar-refractivity contribution in [2.45, 2.75) is 25.8 Å². The lowest BCUT2D eigenvalue weighted by Crippen LogP contribution is -2.42. The summed E-state index contributed by atoms with van der Waals surface area (Å²) in [6, 6.07) is 0.401. The Bertz CT molecular complexity index is 423. The maximum atomic E-state index is 12.1. The summed E-state index contributed by atoms with van der Waals surface area (Å²) < 4.78 is 1.59. The molecule has 2 heterocycles. The van der Waals surface area contributed by atoms with Gasteiger partial charge in [-0.25, -0.2) is 4.98 Å². The van der Waals surface area contributed by atoms with E-state index in [1.165, 1.54) is 0 Å². The van der Waals surface area contributed by atoms with Gasteiger partial charge in [0.05, 0.1) is 0 Å². The van der Waals surface area contributed by atoms with E-state index in [4.69, 9.17) is 0 Å². The molecule has 1 unspecified atom stereocenters. The van der Waals surface area contributed by atoms with Crippen molar-refractivity contribution in [1.82, 2.24) is 14.9 Å². The highest BCUT2D eigenvalue weighted by Gasteiger charge is 2.24. The smallest absolute Gasteiger partial charge is 0.293 e. The van der Waals surface area contributed by atoms with E-state index in [-0.39, 0.29) is 5.56 Å². The third kappa shape index (κ3) is 2.49. The highest BCUT2D eigenvalue weighted by Crippen LogP contribution is 2.14. The number of rotatable bonds is 4. The Morgan fingerprint density at radius 2 is 2.47 bits per heavy atom. The zero-order valence-corrected chi connectivity index (χ0v) is 10.5. The van der Waals surface area contributed by atoms with Crippen molar-refractivity contribution >= 4 is 5.82 Å². The highest BCUT2D eigenvalue weighted by molar-refractivity contribution is 5.37. The Hall–Kier alpha value is -1.36. The molecule has 94 valence electrons.